The fourth-order valence-corrected chi connectivity index (χ4v) is 3.79. The molecule has 0 saturated heterocycles. The predicted molar refractivity (Wildman–Crippen MR) is 123 cm³/mol. The van der Waals surface area contributed by atoms with E-state index in [1.165, 1.54) is 0 Å². The molecule has 0 saturated carbocycles. The molecule has 8 nitrogen and oxygen atoms in total. The Hall–Kier alpha value is -2.97. The zero-order chi connectivity index (χ0) is 23.3. The van der Waals surface area contributed by atoms with Crippen molar-refractivity contribution < 1.29 is 19.4 Å². The van der Waals surface area contributed by atoms with E-state index in [-0.39, 0.29) is 42.9 Å². The number of hydrogen-bond acceptors (Lipinski definition) is 6. The number of likely N-dealkylation sites (N-methyl/N-ethyl adjacent to an activating group) is 1. The molecule has 2 aromatic rings. The van der Waals surface area contributed by atoms with Crippen LogP contribution in [0.4, 0.5) is 5.69 Å². The summed E-state index contributed by atoms with van der Waals surface area (Å²) in [5, 5.41) is 12.6. The summed E-state index contributed by atoms with van der Waals surface area (Å²) in [7, 11) is 3.97. The SMILES string of the molecule is C[C@@H]1CN([C@@H](C)CO)C(=O)Cc2cc(NC(=O)c3ccncc3)ccc2O[C@@H]1CN(C)C. The van der Waals surface area contributed by atoms with Crippen LogP contribution in [0.5, 0.6) is 5.75 Å². The van der Waals surface area contributed by atoms with Crippen molar-refractivity contribution in [3.63, 3.8) is 0 Å². The molecule has 172 valence electrons. The van der Waals surface area contributed by atoms with Crippen LogP contribution >= 0.6 is 0 Å². The molecule has 1 aromatic heterocycles. The van der Waals surface area contributed by atoms with Crippen molar-refractivity contribution in [2.75, 3.05) is 39.1 Å². The van der Waals surface area contributed by atoms with Crippen LogP contribution in [-0.4, -0.2) is 77.6 Å². The first-order valence-electron chi connectivity index (χ1n) is 10.8. The van der Waals surface area contributed by atoms with Crippen LogP contribution in [0.3, 0.4) is 0 Å². The Labute approximate surface area is 189 Å². The maximum atomic E-state index is 13.2. The first kappa shape index (κ1) is 23.7. The molecule has 1 aromatic carbocycles. The summed E-state index contributed by atoms with van der Waals surface area (Å²) < 4.78 is 6.39. The number of nitrogens with one attached hydrogen (secondary N) is 1. The number of aliphatic hydroxyl groups is 1. The van der Waals surface area contributed by atoms with Gasteiger partial charge in [-0.25, -0.2) is 0 Å². The molecule has 3 atom stereocenters. The highest BCUT2D eigenvalue weighted by Crippen LogP contribution is 2.29. The lowest BCUT2D eigenvalue weighted by molar-refractivity contribution is -0.134. The van der Waals surface area contributed by atoms with E-state index in [2.05, 4.69) is 22.1 Å². The highest BCUT2D eigenvalue weighted by molar-refractivity contribution is 6.04. The Morgan fingerprint density at radius 2 is 2.03 bits per heavy atom. The van der Waals surface area contributed by atoms with Gasteiger partial charge in [0.1, 0.15) is 11.9 Å². The lowest BCUT2D eigenvalue weighted by Crippen LogP contribution is -2.47. The van der Waals surface area contributed by atoms with Crippen LogP contribution in [0.25, 0.3) is 0 Å². The van der Waals surface area contributed by atoms with Gasteiger partial charge in [-0.05, 0) is 51.4 Å². The zero-order valence-electron chi connectivity index (χ0n) is 19.1. The maximum absolute atomic E-state index is 13.2. The molecular formula is C24H32N4O4. The van der Waals surface area contributed by atoms with E-state index < -0.39 is 0 Å². The van der Waals surface area contributed by atoms with Crippen molar-refractivity contribution in [2.24, 2.45) is 5.92 Å². The molecular weight excluding hydrogens is 408 g/mol. The lowest BCUT2D eigenvalue weighted by atomic mass is 10.0. The molecule has 0 radical (unpaired) electrons. The van der Waals surface area contributed by atoms with Gasteiger partial charge < -0.3 is 25.0 Å². The molecule has 0 fully saturated rings. The van der Waals surface area contributed by atoms with Gasteiger partial charge in [0.25, 0.3) is 5.91 Å². The minimum absolute atomic E-state index is 0.0624. The fourth-order valence-electron chi connectivity index (χ4n) is 3.79. The predicted octanol–water partition coefficient (Wildman–Crippen LogP) is 2.04. The number of carbonyl (C=O) groups excluding carboxylic acids is 2. The average Bonchev–Trinajstić information content (AvgIpc) is 2.81. The summed E-state index contributed by atoms with van der Waals surface area (Å²) in [6, 6.07) is 8.37. The molecule has 0 spiro atoms. The minimum Gasteiger partial charge on any atom is -0.488 e. The molecule has 1 aliphatic heterocycles. The van der Waals surface area contributed by atoms with E-state index in [4.69, 9.17) is 4.74 Å². The second kappa shape index (κ2) is 10.6. The smallest absolute Gasteiger partial charge is 0.255 e. The van der Waals surface area contributed by atoms with Crippen LogP contribution < -0.4 is 10.1 Å². The quantitative estimate of drug-likeness (QED) is 0.714. The molecule has 0 aliphatic carbocycles. The molecule has 1 aliphatic rings. The van der Waals surface area contributed by atoms with E-state index in [1.54, 1.807) is 41.6 Å². The van der Waals surface area contributed by atoms with E-state index in [9.17, 15) is 14.7 Å². The highest BCUT2D eigenvalue weighted by Gasteiger charge is 2.30. The Morgan fingerprint density at radius 1 is 1.31 bits per heavy atom. The molecule has 3 rings (SSSR count). The third kappa shape index (κ3) is 5.83. The van der Waals surface area contributed by atoms with Crippen LogP contribution in [0.15, 0.2) is 42.7 Å². The molecule has 2 amide bonds. The third-order valence-electron chi connectivity index (χ3n) is 5.66. The van der Waals surface area contributed by atoms with E-state index in [0.29, 0.717) is 35.7 Å². The maximum Gasteiger partial charge on any atom is 0.255 e. The van der Waals surface area contributed by atoms with Crippen LogP contribution in [0.2, 0.25) is 0 Å². The molecule has 2 N–H and O–H groups in total. The van der Waals surface area contributed by atoms with Gasteiger partial charge in [-0.1, -0.05) is 6.92 Å². The van der Waals surface area contributed by atoms with Crippen LogP contribution in [0, 0.1) is 5.92 Å². The summed E-state index contributed by atoms with van der Waals surface area (Å²) in [4.78, 5) is 33.4. The Balaban J connectivity index is 1.92. The monoisotopic (exact) mass is 440 g/mol. The number of aliphatic hydroxyl groups excluding tert-OH is 1. The number of pyridine rings is 1. The van der Waals surface area contributed by atoms with Gasteiger partial charge in [0.2, 0.25) is 5.91 Å². The molecule has 2 heterocycles. The average molecular weight is 441 g/mol. The summed E-state index contributed by atoms with van der Waals surface area (Å²) in [6.45, 7) is 4.99. The molecule has 0 unspecified atom stereocenters. The number of hydrogen-bond donors (Lipinski definition) is 2. The van der Waals surface area contributed by atoms with Gasteiger partial charge in [0, 0.05) is 48.2 Å². The summed E-state index contributed by atoms with van der Waals surface area (Å²) >= 11 is 0. The van der Waals surface area contributed by atoms with Gasteiger partial charge in [0.15, 0.2) is 0 Å². The van der Waals surface area contributed by atoms with Crippen LogP contribution in [-0.2, 0) is 11.2 Å². The van der Waals surface area contributed by atoms with Crippen molar-refractivity contribution >= 4 is 17.5 Å². The van der Waals surface area contributed by atoms with Crippen molar-refractivity contribution in [2.45, 2.75) is 32.4 Å². The van der Waals surface area contributed by atoms with Gasteiger partial charge >= 0.3 is 0 Å². The minimum atomic E-state index is -0.291. The van der Waals surface area contributed by atoms with Gasteiger partial charge in [-0.2, -0.15) is 0 Å². The summed E-state index contributed by atoms with van der Waals surface area (Å²) in [5.74, 6) is 0.369. The standard InChI is InChI=1S/C24H32N4O4/c1-16-13-28(17(2)15-29)23(30)12-19-11-20(26-24(31)18-7-9-25-10-8-18)5-6-21(19)32-22(16)14-27(3)4/h5-11,16-17,22,29H,12-15H2,1-4H3,(H,26,31)/t16-,17+,22-/m1/s1. The molecule has 0 bridgehead atoms. The number of ether oxygens (including phenoxy) is 1. The number of anilines is 1. The number of benzene rings is 1. The van der Waals surface area contributed by atoms with Crippen molar-refractivity contribution in [1.29, 1.82) is 0 Å². The zero-order valence-corrected chi connectivity index (χ0v) is 19.1. The van der Waals surface area contributed by atoms with Crippen LogP contribution in [0.1, 0.15) is 29.8 Å². The number of rotatable bonds is 6. The van der Waals surface area contributed by atoms with E-state index >= 15 is 0 Å². The summed E-state index contributed by atoms with van der Waals surface area (Å²) in [5.41, 5.74) is 1.79. The van der Waals surface area contributed by atoms with Crippen molar-refractivity contribution in [3.8, 4) is 5.75 Å². The van der Waals surface area contributed by atoms with E-state index in [0.717, 1.165) is 0 Å². The topological polar surface area (TPSA) is 95.0 Å². The number of aromatic nitrogens is 1. The summed E-state index contributed by atoms with van der Waals surface area (Å²) in [6.07, 6.45) is 3.11. The number of amides is 2. The van der Waals surface area contributed by atoms with Crippen molar-refractivity contribution in [3.05, 3.63) is 53.9 Å². The Morgan fingerprint density at radius 3 is 2.69 bits per heavy atom. The first-order valence-corrected chi connectivity index (χ1v) is 10.8. The van der Waals surface area contributed by atoms with Gasteiger partial charge in [0.05, 0.1) is 19.1 Å². The highest BCUT2D eigenvalue weighted by atomic mass is 16.5. The second-order valence-electron chi connectivity index (χ2n) is 8.66. The largest absolute Gasteiger partial charge is 0.488 e. The van der Waals surface area contributed by atoms with Crippen molar-refractivity contribution in [1.82, 2.24) is 14.8 Å². The van der Waals surface area contributed by atoms with Gasteiger partial charge in [-0.3, -0.25) is 14.6 Å². The fraction of sp³-hybridized carbons (Fsp3) is 0.458. The number of nitrogens with zero attached hydrogens (tertiary/aromatic N) is 3. The Kier molecular flexibility index (Phi) is 7.82. The number of fused-ring (bicyclic) bond motifs is 1. The third-order valence-corrected chi connectivity index (χ3v) is 5.66. The Bertz CT molecular complexity index is 935. The van der Waals surface area contributed by atoms with E-state index in [1.807, 2.05) is 27.1 Å². The van der Waals surface area contributed by atoms with Gasteiger partial charge in [-0.15, -0.1) is 0 Å². The lowest BCUT2D eigenvalue weighted by Gasteiger charge is -2.33. The molecule has 32 heavy (non-hydrogen) atoms. The molecule has 8 heteroatoms. The first-order chi connectivity index (χ1) is 15.3. The normalized spacial score (nSPS) is 19.9. The number of carbonyl (C=O) groups is 2. The second-order valence-corrected chi connectivity index (χ2v) is 8.66.